The van der Waals surface area contributed by atoms with Crippen molar-refractivity contribution in [2.45, 2.75) is 59.0 Å². The van der Waals surface area contributed by atoms with Crippen molar-refractivity contribution < 1.29 is 27.9 Å². The molecule has 1 aromatic heterocycles. The average Bonchev–Trinajstić information content (AvgIpc) is 3.02. The smallest absolute Gasteiger partial charge is 0.331 e. The number of rotatable bonds is 8. The van der Waals surface area contributed by atoms with Gasteiger partial charge >= 0.3 is 19.3 Å². The van der Waals surface area contributed by atoms with Crippen LogP contribution in [0.15, 0.2) is 21.9 Å². The lowest BCUT2D eigenvalue weighted by molar-refractivity contribution is -0.147. The van der Waals surface area contributed by atoms with Crippen LogP contribution >= 0.6 is 7.60 Å². The van der Waals surface area contributed by atoms with E-state index in [2.05, 4.69) is 10.9 Å². The largest absolute Gasteiger partial charge is 0.463 e. The van der Waals surface area contributed by atoms with E-state index in [9.17, 15) is 18.9 Å². The molecule has 6 atom stereocenters. The van der Waals surface area contributed by atoms with Crippen molar-refractivity contribution in [1.29, 1.82) is 0 Å². The number of nitrogens with one attached hydrogen (secondary N) is 1. The molecule has 3 rings (SSSR count). The zero-order chi connectivity index (χ0) is 24.4. The predicted octanol–water partition coefficient (Wildman–Crippen LogP) is 2.30. The summed E-state index contributed by atoms with van der Waals surface area (Å²) >= 11 is 0. The molecule has 2 unspecified atom stereocenters. The third-order valence-electron chi connectivity index (χ3n) is 6.07. The number of hydrogen-bond donors (Lipinski definition) is 1. The van der Waals surface area contributed by atoms with Crippen molar-refractivity contribution in [2.75, 3.05) is 19.4 Å². The first-order valence-corrected chi connectivity index (χ1v) is 12.7. The molecule has 0 amide bonds. The van der Waals surface area contributed by atoms with E-state index in [1.165, 1.54) is 16.8 Å². The maximum atomic E-state index is 13.3. The summed E-state index contributed by atoms with van der Waals surface area (Å²) in [6, 6.07) is 1.21. The van der Waals surface area contributed by atoms with Gasteiger partial charge < -0.3 is 18.5 Å². The molecule has 2 aliphatic rings. The Bertz CT molecular complexity index is 1070. The van der Waals surface area contributed by atoms with Gasteiger partial charge in [0.25, 0.3) is 5.56 Å². The maximum absolute atomic E-state index is 13.3. The molecule has 33 heavy (non-hydrogen) atoms. The fourth-order valence-corrected chi connectivity index (χ4v) is 6.40. The van der Waals surface area contributed by atoms with Gasteiger partial charge in [-0.15, -0.1) is 6.42 Å². The molecule has 3 heterocycles. The van der Waals surface area contributed by atoms with Gasteiger partial charge in [-0.05, 0) is 33.1 Å². The number of carbonyl (C=O) groups excluding carboxylic acids is 1. The summed E-state index contributed by atoms with van der Waals surface area (Å²) in [6.07, 6.45) is 6.50. The van der Waals surface area contributed by atoms with Gasteiger partial charge in [-0.3, -0.25) is 23.7 Å². The van der Waals surface area contributed by atoms with Crippen LogP contribution in [0, 0.1) is 29.6 Å². The van der Waals surface area contributed by atoms with Crippen molar-refractivity contribution >= 4 is 13.6 Å². The second kappa shape index (κ2) is 9.98. The van der Waals surface area contributed by atoms with Crippen molar-refractivity contribution in [2.24, 2.45) is 17.3 Å². The molecule has 0 radical (unpaired) electrons. The fourth-order valence-electron chi connectivity index (χ4n) is 4.16. The molecule has 0 aromatic carbocycles. The zero-order valence-electron chi connectivity index (χ0n) is 19.3. The van der Waals surface area contributed by atoms with Gasteiger partial charge in [0.1, 0.15) is 0 Å². The van der Waals surface area contributed by atoms with Crippen LogP contribution in [0.5, 0.6) is 0 Å². The highest BCUT2D eigenvalue weighted by Crippen LogP contribution is 2.61. The molecular weight excluding hydrogens is 451 g/mol. The van der Waals surface area contributed by atoms with Gasteiger partial charge in [0.2, 0.25) is 0 Å². The number of aromatic nitrogens is 2. The molecule has 2 fully saturated rings. The molecule has 0 saturated carbocycles. The minimum atomic E-state index is -3.48. The summed E-state index contributed by atoms with van der Waals surface area (Å²) < 4.78 is 37.0. The minimum Gasteiger partial charge on any atom is -0.463 e. The highest BCUT2D eigenvalue weighted by Gasteiger charge is 2.58. The summed E-state index contributed by atoms with van der Waals surface area (Å²) in [5.41, 5.74) is -2.15. The number of hydrogen-bond acceptors (Lipinski definition) is 8. The minimum absolute atomic E-state index is 0.00289. The van der Waals surface area contributed by atoms with Gasteiger partial charge in [-0.25, -0.2) is 4.79 Å². The fraction of sp³-hybridized carbons (Fsp3) is 0.682. The monoisotopic (exact) mass is 482 g/mol. The van der Waals surface area contributed by atoms with Gasteiger partial charge in [0, 0.05) is 24.6 Å². The molecule has 2 aliphatic heterocycles. The summed E-state index contributed by atoms with van der Waals surface area (Å²) in [4.78, 5) is 37.7. The Hall–Kier alpha value is -2.18. The number of fused-ring (bicyclic) bond motifs is 1. The normalized spacial score (nSPS) is 32.2. The van der Waals surface area contributed by atoms with Crippen LogP contribution < -0.4 is 11.2 Å². The van der Waals surface area contributed by atoms with Crippen molar-refractivity contribution in [3.63, 3.8) is 0 Å². The molecule has 10 nitrogen and oxygen atoms in total. The molecule has 0 aliphatic carbocycles. The Morgan fingerprint density at radius 2 is 2.15 bits per heavy atom. The Morgan fingerprint density at radius 1 is 1.42 bits per heavy atom. The summed E-state index contributed by atoms with van der Waals surface area (Å²) in [5.74, 6) is 2.01. The summed E-state index contributed by atoms with van der Waals surface area (Å²) in [7, 11) is -3.48. The van der Waals surface area contributed by atoms with Crippen molar-refractivity contribution in [3.05, 3.63) is 33.1 Å². The third-order valence-corrected chi connectivity index (χ3v) is 8.00. The zero-order valence-corrected chi connectivity index (χ0v) is 20.2. The SMILES string of the molecule is C#C[C@]1(C)[C@@H]2CP(=O)(OCC(C)CCC(=O)OC(C)C)OC[C@H]2O[C@H]1n1ccc(=O)[nH]c1=O. The van der Waals surface area contributed by atoms with E-state index in [0.29, 0.717) is 6.42 Å². The first-order valence-electron chi connectivity index (χ1n) is 11.0. The van der Waals surface area contributed by atoms with Crippen LogP contribution in [0.2, 0.25) is 0 Å². The lowest BCUT2D eigenvalue weighted by atomic mass is 9.77. The van der Waals surface area contributed by atoms with Gasteiger partial charge in [0.05, 0.1) is 37.0 Å². The van der Waals surface area contributed by atoms with Crippen LogP contribution in [0.4, 0.5) is 0 Å². The molecule has 182 valence electrons. The van der Waals surface area contributed by atoms with Gasteiger partial charge in [0.15, 0.2) is 6.23 Å². The van der Waals surface area contributed by atoms with E-state index in [-0.39, 0.29) is 49.7 Å². The van der Waals surface area contributed by atoms with Gasteiger partial charge in [-0.1, -0.05) is 12.8 Å². The first-order chi connectivity index (χ1) is 15.5. The summed E-state index contributed by atoms with van der Waals surface area (Å²) in [6.45, 7) is 7.39. The number of carbonyl (C=O) groups is 1. The molecule has 1 aromatic rings. The van der Waals surface area contributed by atoms with Crippen molar-refractivity contribution in [3.8, 4) is 12.3 Å². The molecule has 0 bridgehead atoms. The molecular formula is C22H31N2O8P. The van der Waals surface area contributed by atoms with Crippen LogP contribution in [0.3, 0.4) is 0 Å². The van der Waals surface area contributed by atoms with Crippen LogP contribution in [0.1, 0.15) is 46.8 Å². The van der Waals surface area contributed by atoms with E-state index in [1.807, 2.05) is 6.92 Å². The molecule has 1 N–H and O–H groups in total. The highest BCUT2D eigenvalue weighted by molar-refractivity contribution is 7.53. The van der Waals surface area contributed by atoms with E-state index >= 15 is 0 Å². The Kier molecular flexibility index (Phi) is 7.69. The van der Waals surface area contributed by atoms with E-state index in [1.54, 1.807) is 20.8 Å². The van der Waals surface area contributed by atoms with Gasteiger partial charge in [-0.2, -0.15) is 0 Å². The highest BCUT2D eigenvalue weighted by atomic mass is 31.2. The number of aromatic amines is 1. The van der Waals surface area contributed by atoms with E-state index in [4.69, 9.17) is 24.9 Å². The Labute approximate surface area is 192 Å². The van der Waals surface area contributed by atoms with E-state index in [0.717, 1.165) is 0 Å². The Morgan fingerprint density at radius 3 is 2.79 bits per heavy atom. The third kappa shape index (κ3) is 5.67. The second-order valence-corrected chi connectivity index (χ2v) is 11.2. The van der Waals surface area contributed by atoms with Crippen LogP contribution in [0.25, 0.3) is 0 Å². The quantitative estimate of drug-likeness (QED) is 0.340. The molecule has 2 saturated heterocycles. The maximum Gasteiger partial charge on any atom is 0.331 e. The standard InChI is InChI=1S/C22H31N2O8P/c1-6-22(5)16-13-33(28,29-11-15(4)7-8-19(26)31-14(2)3)30-12-17(16)32-20(22)24-10-9-18(25)23-21(24)27/h1,9-10,14-17,20H,7-8,11-13H2,2-5H3,(H,23,25,27)/t15?,16-,17-,20-,22-,33?/m1/s1. The topological polar surface area (TPSA) is 126 Å². The lowest BCUT2D eigenvalue weighted by Gasteiger charge is -2.36. The molecule has 11 heteroatoms. The number of H-pyrrole nitrogens is 1. The summed E-state index contributed by atoms with van der Waals surface area (Å²) in [5, 5.41) is 0. The molecule has 0 spiro atoms. The number of ether oxygens (including phenoxy) is 2. The average molecular weight is 482 g/mol. The lowest BCUT2D eigenvalue weighted by Crippen LogP contribution is -2.40. The van der Waals surface area contributed by atoms with Crippen LogP contribution in [-0.2, 0) is 27.9 Å². The van der Waals surface area contributed by atoms with Crippen molar-refractivity contribution in [1.82, 2.24) is 9.55 Å². The first kappa shape index (κ1) is 25.4. The number of nitrogens with zero attached hydrogens (tertiary/aromatic N) is 1. The Balaban J connectivity index is 1.66. The van der Waals surface area contributed by atoms with Crippen LogP contribution in [-0.4, -0.2) is 47.1 Å². The van der Waals surface area contributed by atoms with E-state index < -0.39 is 36.6 Å². The predicted molar refractivity (Wildman–Crippen MR) is 120 cm³/mol. The number of terminal acetylenes is 1. The number of esters is 1. The second-order valence-electron chi connectivity index (χ2n) is 9.15.